The zero-order valence-electron chi connectivity index (χ0n) is 10.8. The first-order valence-corrected chi connectivity index (χ1v) is 6.15. The number of unbranched alkanes of at least 4 members (excludes halogenated alkanes) is 1. The van der Waals surface area contributed by atoms with Crippen molar-refractivity contribution in [1.29, 1.82) is 0 Å². The van der Waals surface area contributed by atoms with Gasteiger partial charge >= 0.3 is 5.97 Å². The Labute approximate surface area is 111 Å². The van der Waals surface area contributed by atoms with Gasteiger partial charge in [-0.15, -0.1) is 0 Å². The predicted molar refractivity (Wildman–Crippen MR) is 69.2 cm³/mol. The molecule has 1 atom stereocenters. The van der Waals surface area contributed by atoms with E-state index in [4.69, 9.17) is 4.74 Å². The van der Waals surface area contributed by atoms with Gasteiger partial charge in [0.1, 0.15) is 0 Å². The van der Waals surface area contributed by atoms with E-state index in [0.717, 1.165) is 12.0 Å². The molecule has 0 bridgehead atoms. The molecule has 102 valence electrons. The van der Waals surface area contributed by atoms with Crippen molar-refractivity contribution in [3.8, 4) is 0 Å². The van der Waals surface area contributed by atoms with E-state index in [1.807, 2.05) is 37.3 Å². The van der Waals surface area contributed by atoms with E-state index in [0.29, 0.717) is 6.42 Å². The zero-order chi connectivity index (χ0) is 14.1. The minimum absolute atomic E-state index is 0.0854. The number of carboxylic acids is 1. The summed E-state index contributed by atoms with van der Waals surface area (Å²) in [5.74, 6) is -1.26. The third-order valence-electron chi connectivity index (χ3n) is 2.75. The van der Waals surface area contributed by atoms with Crippen LogP contribution in [-0.2, 0) is 20.9 Å². The highest BCUT2D eigenvalue weighted by Gasteiger charge is 2.39. The Morgan fingerprint density at radius 3 is 2.63 bits per heavy atom. The summed E-state index contributed by atoms with van der Waals surface area (Å²) < 4.78 is 5.39. The zero-order valence-corrected chi connectivity index (χ0v) is 10.8. The molecule has 0 aliphatic rings. The summed E-state index contributed by atoms with van der Waals surface area (Å²) in [6.45, 7) is 2.01. The van der Waals surface area contributed by atoms with Gasteiger partial charge in [-0.05, 0) is 12.0 Å². The number of hydrogen-bond donors (Lipinski definition) is 1. The maximum atomic E-state index is 11.3. The standard InChI is InChI=1S/C14H17NO4/c1-2-3-9-14(13(17)18,15-11-16)19-10-12-7-5-4-6-8-12/h4-8H,2-3,9-10H2,1H3,(H,17,18)/t14-/m0/s1. The van der Waals surface area contributed by atoms with E-state index in [1.54, 1.807) is 0 Å². The number of isocyanates is 1. The van der Waals surface area contributed by atoms with Crippen molar-refractivity contribution in [1.82, 2.24) is 0 Å². The minimum Gasteiger partial charge on any atom is -0.478 e. The van der Waals surface area contributed by atoms with Crippen LogP contribution >= 0.6 is 0 Å². The second kappa shape index (κ2) is 7.46. The van der Waals surface area contributed by atoms with E-state index in [9.17, 15) is 14.7 Å². The normalized spacial score (nSPS) is 13.3. The van der Waals surface area contributed by atoms with Gasteiger partial charge in [-0.3, -0.25) is 0 Å². The van der Waals surface area contributed by atoms with Crippen LogP contribution in [0.3, 0.4) is 0 Å². The lowest BCUT2D eigenvalue weighted by molar-refractivity contribution is -0.168. The summed E-state index contributed by atoms with van der Waals surface area (Å²) in [5.41, 5.74) is -1.00. The van der Waals surface area contributed by atoms with Crippen LogP contribution < -0.4 is 0 Å². The molecule has 1 aromatic rings. The van der Waals surface area contributed by atoms with Crippen molar-refractivity contribution in [2.24, 2.45) is 4.99 Å². The van der Waals surface area contributed by atoms with Crippen LogP contribution in [0.25, 0.3) is 0 Å². The molecule has 0 saturated carbocycles. The molecule has 1 rings (SSSR count). The smallest absolute Gasteiger partial charge is 0.360 e. The van der Waals surface area contributed by atoms with Crippen LogP contribution in [0.5, 0.6) is 0 Å². The van der Waals surface area contributed by atoms with Crippen LogP contribution in [0, 0.1) is 0 Å². The van der Waals surface area contributed by atoms with Gasteiger partial charge in [0.2, 0.25) is 6.08 Å². The molecule has 0 aliphatic heterocycles. The molecule has 0 spiro atoms. The first-order chi connectivity index (χ1) is 9.14. The fourth-order valence-corrected chi connectivity index (χ4v) is 1.64. The Hall–Kier alpha value is -1.97. The van der Waals surface area contributed by atoms with Gasteiger partial charge in [0.15, 0.2) is 0 Å². The van der Waals surface area contributed by atoms with Gasteiger partial charge in [-0.1, -0.05) is 43.7 Å². The first kappa shape index (κ1) is 15.1. The molecule has 1 N–H and O–H groups in total. The summed E-state index contributed by atoms with van der Waals surface area (Å²) in [7, 11) is 0. The van der Waals surface area contributed by atoms with E-state index in [1.165, 1.54) is 6.08 Å². The van der Waals surface area contributed by atoms with E-state index >= 15 is 0 Å². The third-order valence-corrected chi connectivity index (χ3v) is 2.75. The van der Waals surface area contributed by atoms with Gasteiger partial charge in [0.25, 0.3) is 5.72 Å². The fourth-order valence-electron chi connectivity index (χ4n) is 1.64. The molecular weight excluding hydrogens is 246 g/mol. The Balaban J connectivity index is 2.83. The molecule has 19 heavy (non-hydrogen) atoms. The quantitative estimate of drug-likeness (QED) is 0.577. The van der Waals surface area contributed by atoms with Gasteiger partial charge < -0.3 is 9.84 Å². The lowest BCUT2D eigenvalue weighted by atomic mass is 10.1. The second-order valence-electron chi connectivity index (χ2n) is 4.17. The first-order valence-electron chi connectivity index (χ1n) is 6.15. The molecule has 5 nitrogen and oxygen atoms in total. The molecule has 0 radical (unpaired) electrons. The van der Waals surface area contributed by atoms with E-state index < -0.39 is 11.7 Å². The van der Waals surface area contributed by atoms with Crippen molar-refractivity contribution >= 4 is 12.0 Å². The van der Waals surface area contributed by atoms with Crippen LogP contribution in [0.4, 0.5) is 0 Å². The van der Waals surface area contributed by atoms with Crippen molar-refractivity contribution in [3.05, 3.63) is 35.9 Å². The third kappa shape index (κ3) is 4.32. The topological polar surface area (TPSA) is 76.0 Å². The number of benzene rings is 1. The number of carbonyl (C=O) groups is 1. The Morgan fingerprint density at radius 1 is 1.42 bits per heavy atom. The Morgan fingerprint density at radius 2 is 2.11 bits per heavy atom. The molecule has 0 aromatic heterocycles. The van der Waals surface area contributed by atoms with Crippen LogP contribution in [0.15, 0.2) is 35.3 Å². The number of ether oxygens (including phenoxy) is 1. The predicted octanol–water partition coefficient (Wildman–Crippen LogP) is 2.51. The SMILES string of the molecule is CCCC[C@](N=C=O)(OCc1ccccc1)C(=O)O. The summed E-state index contributed by atoms with van der Waals surface area (Å²) in [5, 5.41) is 9.26. The molecule has 0 aliphatic carbocycles. The summed E-state index contributed by atoms with van der Waals surface area (Å²) in [6.07, 6.45) is 2.85. The molecular formula is C14H17NO4. The maximum absolute atomic E-state index is 11.3. The van der Waals surface area contributed by atoms with Gasteiger partial charge in [0.05, 0.1) is 6.61 Å². The molecule has 0 fully saturated rings. The molecule has 0 amide bonds. The van der Waals surface area contributed by atoms with Crippen LogP contribution in [0.1, 0.15) is 31.7 Å². The highest BCUT2D eigenvalue weighted by atomic mass is 16.5. The number of carbonyl (C=O) groups excluding carboxylic acids is 1. The second-order valence-corrected chi connectivity index (χ2v) is 4.17. The van der Waals surface area contributed by atoms with Crippen molar-refractivity contribution in [2.75, 3.05) is 0 Å². The van der Waals surface area contributed by atoms with Crippen LogP contribution in [0.2, 0.25) is 0 Å². The van der Waals surface area contributed by atoms with Gasteiger partial charge in [0, 0.05) is 6.42 Å². The Bertz CT molecular complexity index is 450. The number of aliphatic imine (C=N–C) groups is 1. The van der Waals surface area contributed by atoms with E-state index in [-0.39, 0.29) is 13.0 Å². The summed E-state index contributed by atoms with van der Waals surface area (Å²) in [6, 6.07) is 9.15. The molecule has 1 aromatic carbocycles. The summed E-state index contributed by atoms with van der Waals surface area (Å²) >= 11 is 0. The van der Waals surface area contributed by atoms with E-state index in [2.05, 4.69) is 4.99 Å². The average Bonchev–Trinajstić information content (AvgIpc) is 2.43. The average molecular weight is 263 g/mol. The summed E-state index contributed by atoms with van der Waals surface area (Å²) in [4.78, 5) is 25.2. The number of rotatable bonds is 8. The van der Waals surface area contributed by atoms with Gasteiger partial charge in [-0.25, -0.2) is 9.59 Å². The highest BCUT2D eigenvalue weighted by molar-refractivity contribution is 5.78. The largest absolute Gasteiger partial charge is 0.478 e. The number of carboxylic acid groups (broad SMARTS) is 1. The minimum atomic E-state index is -1.83. The lowest BCUT2D eigenvalue weighted by Gasteiger charge is -2.23. The Kier molecular flexibility index (Phi) is 5.93. The molecule has 0 heterocycles. The van der Waals surface area contributed by atoms with Crippen molar-refractivity contribution < 1.29 is 19.4 Å². The number of hydrogen-bond acceptors (Lipinski definition) is 4. The van der Waals surface area contributed by atoms with Crippen LogP contribution in [-0.4, -0.2) is 22.9 Å². The van der Waals surface area contributed by atoms with Crippen molar-refractivity contribution in [3.63, 3.8) is 0 Å². The molecule has 5 heteroatoms. The number of aliphatic carboxylic acids is 1. The van der Waals surface area contributed by atoms with Gasteiger partial charge in [-0.2, -0.15) is 4.99 Å². The monoisotopic (exact) mass is 263 g/mol. The fraction of sp³-hybridized carbons (Fsp3) is 0.429. The lowest BCUT2D eigenvalue weighted by Crippen LogP contribution is -2.39. The van der Waals surface area contributed by atoms with Crippen molar-refractivity contribution in [2.45, 2.75) is 38.5 Å². The highest BCUT2D eigenvalue weighted by Crippen LogP contribution is 2.23. The molecule has 0 saturated heterocycles. The molecule has 0 unspecified atom stereocenters. The maximum Gasteiger partial charge on any atom is 0.360 e. The number of nitrogens with zero attached hydrogens (tertiary/aromatic N) is 1.